The van der Waals surface area contributed by atoms with Gasteiger partial charge in [0.1, 0.15) is 6.33 Å². The minimum atomic E-state index is -0.386. The zero-order chi connectivity index (χ0) is 16.8. The smallest absolute Gasteiger partial charge is 0.258 e. The maximum Gasteiger partial charge on any atom is 0.258 e. The molecule has 0 spiro atoms. The van der Waals surface area contributed by atoms with Crippen LogP contribution in [0.1, 0.15) is 19.3 Å². The van der Waals surface area contributed by atoms with E-state index in [4.69, 9.17) is 11.2 Å². The van der Waals surface area contributed by atoms with E-state index < -0.39 is 0 Å². The van der Waals surface area contributed by atoms with Crippen LogP contribution in [0.2, 0.25) is 0 Å². The molecule has 1 amide bonds. The molecule has 0 aliphatic carbocycles. The highest BCUT2D eigenvalue weighted by Gasteiger charge is 2.38. The van der Waals surface area contributed by atoms with Gasteiger partial charge >= 0.3 is 0 Å². The highest BCUT2D eigenvalue weighted by molar-refractivity contribution is 5.83. The van der Waals surface area contributed by atoms with Gasteiger partial charge in [-0.2, -0.15) is 10.2 Å². The number of hydrogen-bond acceptors (Lipinski definition) is 6. The highest BCUT2D eigenvalue weighted by atomic mass is 16.5. The second kappa shape index (κ2) is 7.04. The summed E-state index contributed by atoms with van der Waals surface area (Å²) in [5.41, 5.74) is 0.388. The number of aromatic nitrogens is 2. The lowest BCUT2D eigenvalue weighted by Crippen LogP contribution is -2.32. The number of terminal acetylenes is 1. The molecule has 1 aromatic heterocycles. The molecule has 0 saturated heterocycles. The molecule has 1 aliphatic heterocycles. The third-order valence-electron chi connectivity index (χ3n) is 3.75. The average Bonchev–Trinajstić information content (AvgIpc) is 3.38. The first-order valence-electron chi connectivity index (χ1n) is 7.69. The molecule has 7 nitrogen and oxygen atoms in total. The second-order valence-corrected chi connectivity index (χ2v) is 5.47. The van der Waals surface area contributed by atoms with Crippen molar-refractivity contribution in [2.45, 2.75) is 24.9 Å². The van der Waals surface area contributed by atoms with Crippen molar-refractivity contribution in [3.05, 3.63) is 30.6 Å². The van der Waals surface area contributed by atoms with Crippen LogP contribution < -0.4 is 10.1 Å². The van der Waals surface area contributed by atoms with Crippen LogP contribution in [0.5, 0.6) is 5.88 Å². The number of nitrogens with zero attached hydrogens (tertiary/aromatic N) is 4. The van der Waals surface area contributed by atoms with Crippen molar-refractivity contribution in [3.63, 3.8) is 0 Å². The van der Waals surface area contributed by atoms with Gasteiger partial charge in [-0.05, 0) is 12.1 Å². The number of ether oxygens (including phenoxy) is 1. The van der Waals surface area contributed by atoms with Gasteiger partial charge in [0.25, 0.3) is 5.91 Å². The van der Waals surface area contributed by atoms with Crippen molar-refractivity contribution in [2.24, 2.45) is 10.2 Å². The molecule has 2 heterocycles. The number of hydrogen-bond donors (Lipinski definition) is 1. The molecular weight excluding hydrogens is 306 g/mol. The summed E-state index contributed by atoms with van der Waals surface area (Å²) in [5, 5.41) is 11.6. The zero-order valence-electron chi connectivity index (χ0n) is 13.1. The Bertz CT molecular complexity index is 801. The average molecular weight is 323 g/mol. The van der Waals surface area contributed by atoms with Gasteiger partial charge in [-0.25, -0.2) is 9.97 Å². The first kappa shape index (κ1) is 15.9. The summed E-state index contributed by atoms with van der Waals surface area (Å²) in [5.74, 6) is 2.76. The first-order valence-corrected chi connectivity index (χ1v) is 7.69. The Labute approximate surface area is 139 Å². The summed E-state index contributed by atoms with van der Waals surface area (Å²) in [7, 11) is 0. The minimum absolute atomic E-state index is 0.105. The van der Waals surface area contributed by atoms with E-state index in [1.54, 1.807) is 0 Å². The van der Waals surface area contributed by atoms with E-state index in [1.807, 2.05) is 24.3 Å². The number of amides is 1. The number of carbonyl (C=O) groups excluding carboxylic acids is 1. The summed E-state index contributed by atoms with van der Waals surface area (Å²) in [6.45, 7) is 0.372. The summed E-state index contributed by atoms with van der Waals surface area (Å²) in [6.07, 6.45) is 8.67. The van der Waals surface area contributed by atoms with Crippen LogP contribution in [-0.4, -0.2) is 34.7 Å². The topological polar surface area (TPSA) is 88.8 Å². The molecule has 1 aromatic carbocycles. The Kier molecular flexibility index (Phi) is 4.66. The number of carbonyl (C=O) groups is 1. The normalized spacial score (nSPS) is 14.1. The summed E-state index contributed by atoms with van der Waals surface area (Å²) in [6, 6.07) is 7.48. The van der Waals surface area contributed by atoms with Crippen LogP contribution in [0.25, 0.3) is 10.9 Å². The van der Waals surface area contributed by atoms with Crippen molar-refractivity contribution in [2.75, 3.05) is 13.2 Å². The Morgan fingerprint density at radius 3 is 2.88 bits per heavy atom. The fourth-order valence-corrected chi connectivity index (χ4v) is 2.35. The van der Waals surface area contributed by atoms with Crippen molar-refractivity contribution in [1.29, 1.82) is 0 Å². The maximum absolute atomic E-state index is 11.9. The van der Waals surface area contributed by atoms with Gasteiger partial charge in [0.2, 0.25) is 5.88 Å². The fourth-order valence-electron chi connectivity index (χ4n) is 2.35. The van der Waals surface area contributed by atoms with Gasteiger partial charge in [0.15, 0.2) is 12.3 Å². The zero-order valence-corrected chi connectivity index (χ0v) is 13.1. The lowest BCUT2D eigenvalue weighted by atomic mass is 10.0. The number of nitrogens with one attached hydrogen (secondary N) is 1. The Morgan fingerprint density at radius 2 is 2.08 bits per heavy atom. The number of para-hydroxylation sites is 1. The maximum atomic E-state index is 11.9. The predicted octanol–water partition coefficient (Wildman–Crippen LogP) is 2.09. The molecule has 7 heteroatoms. The summed E-state index contributed by atoms with van der Waals surface area (Å²) in [4.78, 5) is 20.1. The molecule has 0 bridgehead atoms. The SMILES string of the molecule is C#CCCC1(CCNC(=O)COc2ncnc3ccccc23)N=N1. The van der Waals surface area contributed by atoms with Gasteiger partial charge in [-0.1, -0.05) is 12.1 Å². The molecule has 122 valence electrons. The standard InChI is InChI=1S/C17H17N5O2/c1-2-3-8-17(21-22-17)9-10-18-15(23)11-24-16-13-6-4-5-7-14(13)19-12-20-16/h1,4-7,12H,3,8-11H2,(H,18,23). The Morgan fingerprint density at radius 1 is 1.25 bits per heavy atom. The molecule has 24 heavy (non-hydrogen) atoms. The van der Waals surface area contributed by atoms with Crippen molar-refractivity contribution < 1.29 is 9.53 Å². The van der Waals surface area contributed by atoms with Crippen LogP contribution in [0.4, 0.5) is 0 Å². The molecule has 0 fully saturated rings. The Hall–Kier alpha value is -3.01. The molecule has 2 aromatic rings. The van der Waals surface area contributed by atoms with Crippen molar-refractivity contribution in [3.8, 4) is 18.2 Å². The molecule has 0 radical (unpaired) electrons. The van der Waals surface area contributed by atoms with E-state index >= 15 is 0 Å². The van der Waals surface area contributed by atoms with E-state index in [0.717, 1.165) is 17.3 Å². The van der Waals surface area contributed by atoms with E-state index in [9.17, 15) is 4.79 Å². The van der Waals surface area contributed by atoms with Crippen LogP contribution in [-0.2, 0) is 4.79 Å². The largest absolute Gasteiger partial charge is 0.467 e. The first-order chi connectivity index (χ1) is 11.7. The molecule has 0 unspecified atom stereocenters. The van der Waals surface area contributed by atoms with Gasteiger partial charge in [0, 0.05) is 25.8 Å². The number of benzene rings is 1. The van der Waals surface area contributed by atoms with Crippen molar-refractivity contribution in [1.82, 2.24) is 15.3 Å². The minimum Gasteiger partial charge on any atom is -0.467 e. The van der Waals surface area contributed by atoms with Gasteiger partial charge in [-0.3, -0.25) is 4.79 Å². The van der Waals surface area contributed by atoms with Crippen LogP contribution in [0.3, 0.4) is 0 Å². The lowest BCUT2D eigenvalue weighted by molar-refractivity contribution is -0.123. The fraction of sp³-hybridized carbons (Fsp3) is 0.353. The van der Waals surface area contributed by atoms with Crippen LogP contribution >= 0.6 is 0 Å². The molecule has 1 aliphatic rings. The monoisotopic (exact) mass is 323 g/mol. The second-order valence-electron chi connectivity index (χ2n) is 5.47. The molecule has 0 saturated carbocycles. The summed E-state index contributed by atoms with van der Waals surface area (Å²) < 4.78 is 5.51. The highest BCUT2D eigenvalue weighted by Crippen LogP contribution is 2.35. The molecule has 0 atom stereocenters. The molecule has 3 rings (SSSR count). The van der Waals surface area contributed by atoms with Gasteiger partial charge in [0.05, 0.1) is 10.9 Å². The van der Waals surface area contributed by atoms with E-state index in [2.05, 4.69) is 31.4 Å². The Balaban J connectivity index is 1.45. The lowest BCUT2D eigenvalue weighted by Gasteiger charge is -2.10. The van der Waals surface area contributed by atoms with Crippen molar-refractivity contribution >= 4 is 16.8 Å². The van der Waals surface area contributed by atoms with E-state index in [-0.39, 0.29) is 18.2 Å². The van der Waals surface area contributed by atoms with E-state index in [0.29, 0.717) is 25.3 Å². The summed E-state index contributed by atoms with van der Waals surface area (Å²) >= 11 is 0. The predicted molar refractivity (Wildman–Crippen MR) is 88.3 cm³/mol. The molecular formula is C17H17N5O2. The van der Waals surface area contributed by atoms with Gasteiger partial charge in [-0.15, -0.1) is 12.3 Å². The quantitative estimate of drug-likeness (QED) is 0.753. The third kappa shape index (κ3) is 3.84. The van der Waals surface area contributed by atoms with E-state index in [1.165, 1.54) is 6.33 Å². The van der Waals surface area contributed by atoms with Gasteiger partial charge < -0.3 is 10.1 Å². The van der Waals surface area contributed by atoms with Crippen LogP contribution in [0.15, 0.2) is 40.8 Å². The third-order valence-corrected chi connectivity index (χ3v) is 3.75. The number of fused-ring (bicyclic) bond motifs is 1. The number of rotatable bonds is 8. The molecule has 1 N–H and O–H groups in total. The van der Waals surface area contributed by atoms with Crippen LogP contribution in [0, 0.1) is 12.3 Å².